The first kappa shape index (κ1) is 15.1. The fraction of sp³-hybridized carbons (Fsp3) is 0.538. The molecule has 1 aromatic carbocycles. The van der Waals surface area contributed by atoms with Gasteiger partial charge in [-0.3, -0.25) is 0 Å². The zero-order chi connectivity index (χ0) is 13.4. The number of hydrogen-bond acceptors (Lipinski definition) is 3. The van der Waals surface area contributed by atoms with Gasteiger partial charge in [-0.15, -0.1) is 0 Å². The molecular weight excluding hydrogens is 248 g/mol. The molecule has 0 spiro atoms. The predicted molar refractivity (Wildman–Crippen MR) is 75.0 cm³/mol. The van der Waals surface area contributed by atoms with E-state index in [9.17, 15) is 8.42 Å². The van der Waals surface area contributed by atoms with Crippen LogP contribution in [0.5, 0.6) is 0 Å². The maximum atomic E-state index is 11.7. The average molecular weight is 270 g/mol. The molecule has 0 aliphatic carbocycles. The SMILES string of the molecule is CCNCCS(=O)(=O)NCc1ccc(CC)cc1. The van der Waals surface area contributed by atoms with Crippen LogP contribution >= 0.6 is 0 Å². The highest BCUT2D eigenvalue weighted by molar-refractivity contribution is 7.89. The van der Waals surface area contributed by atoms with E-state index in [0.29, 0.717) is 13.1 Å². The van der Waals surface area contributed by atoms with E-state index in [1.54, 1.807) is 0 Å². The molecule has 0 unspecified atom stereocenters. The Balaban J connectivity index is 2.43. The molecule has 18 heavy (non-hydrogen) atoms. The number of benzene rings is 1. The molecule has 4 nitrogen and oxygen atoms in total. The largest absolute Gasteiger partial charge is 0.316 e. The molecule has 1 aromatic rings. The Bertz CT molecular complexity index is 441. The minimum absolute atomic E-state index is 0.119. The zero-order valence-corrected chi connectivity index (χ0v) is 11.9. The summed E-state index contributed by atoms with van der Waals surface area (Å²) in [4.78, 5) is 0. The van der Waals surface area contributed by atoms with Crippen molar-refractivity contribution in [2.45, 2.75) is 26.8 Å². The number of rotatable bonds is 8. The molecule has 0 fully saturated rings. The Kier molecular flexibility index (Phi) is 6.32. The summed E-state index contributed by atoms with van der Waals surface area (Å²) < 4.78 is 25.9. The van der Waals surface area contributed by atoms with E-state index < -0.39 is 10.0 Å². The summed E-state index contributed by atoms with van der Waals surface area (Å²) in [5, 5.41) is 3.00. The van der Waals surface area contributed by atoms with Crippen molar-refractivity contribution in [1.82, 2.24) is 10.0 Å². The average Bonchev–Trinajstić information content (AvgIpc) is 2.37. The van der Waals surface area contributed by atoms with Crippen LogP contribution in [-0.2, 0) is 23.0 Å². The van der Waals surface area contributed by atoms with Gasteiger partial charge < -0.3 is 5.32 Å². The summed E-state index contributed by atoms with van der Waals surface area (Å²) in [6.07, 6.45) is 0.995. The minimum Gasteiger partial charge on any atom is -0.316 e. The van der Waals surface area contributed by atoms with Crippen molar-refractivity contribution in [2.24, 2.45) is 0 Å². The van der Waals surface area contributed by atoms with Crippen LogP contribution < -0.4 is 10.0 Å². The normalized spacial score (nSPS) is 11.7. The van der Waals surface area contributed by atoms with Crippen molar-refractivity contribution in [3.05, 3.63) is 35.4 Å². The van der Waals surface area contributed by atoms with Crippen LogP contribution in [0, 0.1) is 0 Å². The second-order valence-electron chi connectivity index (χ2n) is 4.16. The Labute approximate surface area is 110 Å². The van der Waals surface area contributed by atoms with Crippen LogP contribution in [0.3, 0.4) is 0 Å². The maximum absolute atomic E-state index is 11.7. The van der Waals surface area contributed by atoms with Crippen LogP contribution in [0.1, 0.15) is 25.0 Å². The van der Waals surface area contributed by atoms with Crippen molar-refractivity contribution < 1.29 is 8.42 Å². The van der Waals surface area contributed by atoms with E-state index >= 15 is 0 Å². The van der Waals surface area contributed by atoms with Crippen LogP contribution in [-0.4, -0.2) is 27.3 Å². The fourth-order valence-electron chi connectivity index (χ4n) is 1.54. The molecule has 5 heteroatoms. The van der Waals surface area contributed by atoms with Gasteiger partial charge in [0.2, 0.25) is 10.0 Å². The molecule has 2 N–H and O–H groups in total. The van der Waals surface area contributed by atoms with Gasteiger partial charge in [0, 0.05) is 13.1 Å². The molecule has 102 valence electrons. The lowest BCUT2D eigenvalue weighted by molar-refractivity contribution is 0.577. The summed E-state index contributed by atoms with van der Waals surface area (Å²) >= 11 is 0. The van der Waals surface area contributed by atoms with Crippen molar-refractivity contribution in [3.8, 4) is 0 Å². The van der Waals surface area contributed by atoms with Gasteiger partial charge in [-0.05, 0) is 24.1 Å². The second-order valence-corrected chi connectivity index (χ2v) is 6.09. The predicted octanol–water partition coefficient (Wildman–Crippen LogP) is 1.28. The second kappa shape index (κ2) is 7.51. The molecule has 0 bridgehead atoms. The van der Waals surface area contributed by atoms with Crippen molar-refractivity contribution in [3.63, 3.8) is 0 Å². The lowest BCUT2D eigenvalue weighted by atomic mass is 10.1. The van der Waals surface area contributed by atoms with E-state index in [1.165, 1.54) is 5.56 Å². The fourth-order valence-corrected chi connectivity index (χ4v) is 2.49. The Morgan fingerprint density at radius 3 is 2.22 bits per heavy atom. The highest BCUT2D eigenvalue weighted by atomic mass is 32.2. The zero-order valence-electron chi connectivity index (χ0n) is 11.1. The number of sulfonamides is 1. The molecule has 0 aliphatic rings. The topological polar surface area (TPSA) is 58.2 Å². The van der Waals surface area contributed by atoms with Gasteiger partial charge in [0.15, 0.2) is 0 Å². The van der Waals surface area contributed by atoms with Gasteiger partial charge in [0.1, 0.15) is 0 Å². The van der Waals surface area contributed by atoms with Gasteiger partial charge in [-0.25, -0.2) is 13.1 Å². The smallest absolute Gasteiger partial charge is 0.213 e. The summed E-state index contributed by atoms with van der Waals surface area (Å²) in [6, 6.07) is 7.99. The van der Waals surface area contributed by atoms with Crippen LogP contribution in [0.4, 0.5) is 0 Å². The summed E-state index contributed by atoms with van der Waals surface area (Å²) in [6.45, 7) is 5.68. The molecule has 0 heterocycles. The van der Waals surface area contributed by atoms with Crippen molar-refractivity contribution >= 4 is 10.0 Å². The molecule has 1 rings (SSSR count). The highest BCUT2D eigenvalue weighted by Crippen LogP contribution is 2.05. The number of hydrogen-bond donors (Lipinski definition) is 2. The van der Waals surface area contributed by atoms with E-state index in [-0.39, 0.29) is 5.75 Å². The maximum Gasteiger partial charge on any atom is 0.213 e. The van der Waals surface area contributed by atoms with Crippen molar-refractivity contribution in [2.75, 3.05) is 18.8 Å². The molecule has 0 radical (unpaired) electrons. The lowest BCUT2D eigenvalue weighted by Crippen LogP contribution is -2.31. The lowest BCUT2D eigenvalue weighted by Gasteiger charge is -2.07. The van der Waals surface area contributed by atoms with Gasteiger partial charge in [0.25, 0.3) is 0 Å². The first-order valence-corrected chi connectivity index (χ1v) is 7.98. The van der Waals surface area contributed by atoms with Gasteiger partial charge in [-0.2, -0.15) is 0 Å². The molecule has 0 saturated heterocycles. The number of aryl methyl sites for hydroxylation is 1. The number of nitrogens with one attached hydrogen (secondary N) is 2. The third-order valence-electron chi connectivity index (χ3n) is 2.72. The van der Waals surface area contributed by atoms with Crippen LogP contribution in [0.15, 0.2) is 24.3 Å². The third kappa shape index (κ3) is 5.62. The van der Waals surface area contributed by atoms with Gasteiger partial charge in [-0.1, -0.05) is 38.1 Å². The summed E-state index contributed by atoms with van der Waals surface area (Å²) in [7, 11) is -3.18. The standard InChI is InChI=1S/C13H22N2O2S/c1-3-12-5-7-13(8-6-12)11-15-18(16,17)10-9-14-4-2/h5-8,14-15H,3-4,9-11H2,1-2H3. The molecule has 0 amide bonds. The molecule has 0 saturated carbocycles. The van der Waals surface area contributed by atoms with Gasteiger partial charge in [0.05, 0.1) is 5.75 Å². The molecule has 0 aliphatic heterocycles. The molecule has 0 aromatic heterocycles. The minimum atomic E-state index is -3.18. The van der Waals surface area contributed by atoms with E-state index in [0.717, 1.165) is 18.5 Å². The Hall–Kier alpha value is -0.910. The molecular formula is C13H22N2O2S. The first-order valence-electron chi connectivity index (χ1n) is 6.33. The highest BCUT2D eigenvalue weighted by Gasteiger charge is 2.08. The summed E-state index contributed by atoms with van der Waals surface area (Å²) in [5.74, 6) is 0.119. The Morgan fingerprint density at radius 2 is 1.67 bits per heavy atom. The third-order valence-corrected chi connectivity index (χ3v) is 4.05. The van der Waals surface area contributed by atoms with Crippen LogP contribution in [0.25, 0.3) is 0 Å². The van der Waals surface area contributed by atoms with E-state index in [4.69, 9.17) is 0 Å². The molecule has 0 atom stereocenters. The first-order chi connectivity index (χ1) is 8.57. The van der Waals surface area contributed by atoms with Gasteiger partial charge >= 0.3 is 0 Å². The summed E-state index contributed by atoms with van der Waals surface area (Å²) in [5.41, 5.74) is 2.24. The van der Waals surface area contributed by atoms with E-state index in [1.807, 2.05) is 31.2 Å². The van der Waals surface area contributed by atoms with Crippen molar-refractivity contribution in [1.29, 1.82) is 0 Å². The monoisotopic (exact) mass is 270 g/mol. The van der Waals surface area contributed by atoms with Crippen LogP contribution in [0.2, 0.25) is 0 Å². The quantitative estimate of drug-likeness (QED) is 0.700. The van der Waals surface area contributed by atoms with E-state index in [2.05, 4.69) is 17.0 Å². The Morgan fingerprint density at radius 1 is 1.06 bits per heavy atom.